The highest BCUT2D eigenvalue weighted by atomic mass is 33.1. The number of carbonyl (C=O) groups excluding carboxylic acids is 4. The topological polar surface area (TPSA) is 219 Å². The Hall–Kier alpha value is -2.06. The van der Waals surface area contributed by atoms with Gasteiger partial charge in [0.25, 0.3) is 11.8 Å². The molecule has 12 nitrogen and oxygen atoms in total. The van der Waals surface area contributed by atoms with Crippen molar-refractivity contribution in [2.75, 3.05) is 23.0 Å². The molecule has 2 amide bonds. The zero-order valence-electron chi connectivity index (χ0n) is 21.6. The van der Waals surface area contributed by atoms with Gasteiger partial charge in [0.05, 0.1) is 12.1 Å². The first-order valence-electron chi connectivity index (χ1n) is 11.9. The molecule has 2 aromatic rings. The normalized spacial score (nSPS) is 13.9. The van der Waals surface area contributed by atoms with Crippen molar-refractivity contribution < 1.29 is 39.0 Å². The zero-order chi connectivity index (χ0) is 31.4. The maximum absolute atomic E-state index is 12.8. The number of rotatable bonds is 16. The van der Waals surface area contributed by atoms with Crippen molar-refractivity contribution in [3.8, 4) is 0 Å². The van der Waals surface area contributed by atoms with Crippen LogP contribution in [0, 0.1) is 0 Å². The molecule has 42 heavy (non-hydrogen) atoms. The number of aliphatic carboxylic acids is 2. The summed E-state index contributed by atoms with van der Waals surface area (Å²) in [7, 11) is 3.50. The molecule has 8 N–H and O–H groups in total. The highest BCUT2D eigenvalue weighted by molar-refractivity contribution is 8.82. The average Bonchev–Trinajstić information content (AvgIpc) is 2.97. The van der Waals surface area contributed by atoms with Crippen LogP contribution < -0.4 is 22.1 Å². The minimum atomic E-state index is -1.27. The van der Waals surface area contributed by atoms with Gasteiger partial charge in [0.1, 0.15) is 12.1 Å². The van der Waals surface area contributed by atoms with E-state index in [1.807, 2.05) is 0 Å². The van der Waals surface area contributed by atoms with E-state index in [0.29, 0.717) is 10.8 Å². The SMILES string of the molecule is N[C@@H](CS)C(=O)SSCC(NC(=O)c1ccc2cc(C(=O)NC(CSSC(=O)[C@@H](N)CS)C(=O)O)ccc2c1)C(=O)O. The molecule has 2 aromatic carbocycles. The Morgan fingerprint density at radius 2 is 1.05 bits per heavy atom. The van der Waals surface area contributed by atoms with Crippen LogP contribution in [0.2, 0.25) is 0 Å². The fourth-order valence-electron chi connectivity index (χ4n) is 2.95. The van der Waals surface area contributed by atoms with E-state index in [-0.39, 0.29) is 44.4 Å². The van der Waals surface area contributed by atoms with Crippen LogP contribution in [0.3, 0.4) is 0 Å². The van der Waals surface area contributed by atoms with Crippen molar-refractivity contribution in [2.24, 2.45) is 11.5 Å². The van der Waals surface area contributed by atoms with Crippen LogP contribution in [0.15, 0.2) is 36.4 Å². The van der Waals surface area contributed by atoms with E-state index >= 15 is 0 Å². The smallest absolute Gasteiger partial charge is 0.327 e. The summed E-state index contributed by atoms with van der Waals surface area (Å²) in [5, 5.41) is 24.3. The molecule has 0 saturated carbocycles. The second-order valence-corrected chi connectivity index (χ2v) is 13.9. The van der Waals surface area contributed by atoms with Crippen LogP contribution >= 0.6 is 68.4 Å². The monoisotopic (exact) mass is 692 g/mol. The molecule has 0 bridgehead atoms. The third-order valence-corrected chi connectivity index (χ3v) is 10.7. The predicted octanol–water partition coefficient (Wildman–Crippen LogP) is 1.54. The van der Waals surface area contributed by atoms with Gasteiger partial charge in [-0.3, -0.25) is 19.2 Å². The Balaban J connectivity index is 2.04. The molecule has 0 spiro atoms. The molecule has 0 radical (unpaired) electrons. The van der Waals surface area contributed by atoms with Crippen molar-refractivity contribution in [3.63, 3.8) is 0 Å². The summed E-state index contributed by atoms with van der Waals surface area (Å²) in [5.41, 5.74) is 11.5. The van der Waals surface area contributed by atoms with E-state index in [1.165, 1.54) is 24.3 Å². The summed E-state index contributed by atoms with van der Waals surface area (Å²) < 4.78 is 0. The van der Waals surface area contributed by atoms with Gasteiger partial charge < -0.3 is 32.3 Å². The van der Waals surface area contributed by atoms with Crippen LogP contribution in [-0.2, 0) is 19.2 Å². The molecule has 228 valence electrons. The molecule has 2 rings (SSSR count). The Morgan fingerprint density at radius 1 is 0.690 bits per heavy atom. The second-order valence-electron chi connectivity index (χ2n) is 8.46. The van der Waals surface area contributed by atoms with Gasteiger partial charge in [0.2, 0.25) is 10.2 Å². The maximum Gasteiger partial charge on any atom is 0.327 e. The molecule has 2 unspecified atom stereocenters. The largest absolute Gasteiger partial charge is 0.480 e. The van der Waals surface area contributed by atoms with E-state index in [4.69, 9.17) is 11.5 Å². The van der Waals surface area contributed by atoms with E-state index in [9.17, 15) is 39.0 Å². The second kappa shape index (κ2) is 17.9. The van der Waals surface area contributed by atoms with Crippen molar-refractivity contribution in [1.82, 2.24) is 10.6 Å². The average molecular weight is 693 g/mol. The molecule has 18 heteroatoms. The van der Waals surface area contributed by atoms with Crippen LogP contribution in [0.1, 0.15) is 20.7 Å². The number of benzene rings is 2. The van der Waals surface area contributed by atoms with Crippen LogP contribution in [0.5, 0.6) is 0 Å². The maximum atomic E-state index is 12.8. The van der Waals surface area contributed by atoms with Gasteiger partial charge in [0.15, 0.2) is 0 Å². The van der Waals surface area contributed by atoms with Crippen LogP contribution in [0.25, 0.3) is 10.8 Å². The number of hydrogen-bond donors (Lipinski definition) is 8. The van der Waals surface area contributed by atoms with Crippen molar-refractivity contribution in [1.29, 1.82) is 0 Å². The summed E-state index contributed by atoms with van der Waals surface area (Å²) in [6, 6.07) is 4.97. The first-order chi connectivity index (χ1) is 19.9. The minimum Gasteiger partial charge on any atom is -0.480 e. The number of fused-ring (bicyclic) bond motifs is 1. The highest BCUT2D eigenvalue weighted by Gasteiger charge is 2.24. The molecule has 0 saturated heterocycles. The quantitative estimate of drug-likeness (QED) is 0.0925. The van der Waals surface area contributed by atoms with Gasteiger partial charge in [0, 0.05) is 34.1 Å². The summed E-state index contributed by atoms with van der Waals surface area (Å²) in [6.45, 7) is 0. The lowest BCUT2D eigenvalue weighted by atomic mass is 10.0. The minimum absolute atomic E-state index is 0.0864. The molecular weight excluding hydrogens is 665 g/mol. The molecule has 0 aliphatic carbocycles. The number of nitrogens with two attached hydrogens (primary N) is 2. The predicted molar refractivity (Wildman–Crippen MR) is 175 cm³/mol. The Morgan fingerprint density at radius 3 is 1.36 bits per heavy atom. The summed E-state index contributed by atoms with van der Waals surface area (Å²) in [5.74, 6) is -3.72. The number of carboxylic acid groups (broad SMARTS) is 2. The highest BCUT2D eigenvalue weighted by Crippen LogP contribution is 2.26. The molecule has 0 fully saturated rings. The van der Waals surface area contributed by atoms with Crippen molar-refractivity contribution in [2.45, 2.75) is 24.2 Å². The van der Waals surface area contributed by atoms with Crippen LogP contribution in [-0.4, -0.2) is 91.4 Å². The number of thiol groups is 2. The standard InChI is InChI=1S/C24H28N4O8S6/c25-15(7-37)23(35)41-39-9-17(21(31)32)27-19(29)13-3-1-11-5-14(4-2-12(11)6-13)20(30)28-18(22(33)34)10-40-42-24(36)16(26)8-38/h1-6,15-18,37-38H,7-10,25-26H2,(H,27,29)(H,28,30)(H,31,32)(H,33,34)/t15-,16-,17?,18?/m0/s1. The van der Waals surface area contributed by atoms with Gasteiger partial charge in [-0.25, -0.2) is 9.59 Å². The number of nitrogens with one attached hydrogen (secondary N) is 2. The third-order valence-electron chi connectivity index (χ3n) is 5.32. The van der Waals surface area contributed by atoms with E-state index in [1.54, 1.807) is 12.1 Å². The van der Waals surface area contributed by atoms with Gasteiger partial charge in [-0.15, -0.1) is 0 Å². The molecule has 0 aliphatic heterocycles. The van der Waals surface area contributed by atoms with E-state index in [0.717, 1.165) is 43.2 Å². The summed E-state index contributed by atoms with van der Waals surface area (Å²) in [4.78, 5) is 72.4. The van der Waals surface area contributed by atoms with Crippen molar-refractivity contribution in [3.05, 3.63) is 47.5 Å². The van der Waals surface area contributed by atoms with Gasteiger partial charge >= 0.3 is 11.9 Å². The Kier molecular flexibility index (Phi) is 15.4. The van der Waals surface area contributed by atoms with Gasteiger partial charge in [-0.1, -0.05) is 33.7 Å². The lowest BCUT2D eigenvalue weighted by molar-refractivity contribution is -0.139. The van der Waals surface area contributed by atoms with Crippen molar-refractivity contribution >= 4 is 113 Å². The third kappa shape index (κ3) is 11.2. The first-order valence-corrected chi connectivity index (χ1v) is 17.8. The fraction of sp³-hybridized carbons (Fsp3) is 0.333. The molecule has 0 heterocycles. The number of amides is 2. The summed E-state index contributed by atoms with van der Waals surface area (Å²) in [6.07, 6.45) is 0. The van der Waals surface area contributed by atoms with Gasteiger partial charge in [-0.05, 0) is 56.6 Å². The molecule has 4 atom stereocenters. The zero-order valence-corrected chi connectivity index (χ0v) is 26.7. The molecule has 0 aliphatic rings. The first kappa shape index (κ1) is 36.1. The lowest BCUT2D eigenvalue weighted by Gasteiger charge is -2.15. The van der Waals surface area contributed by atoms with Gasteiger partial charge in [-0.2, -0.15) is 25.3 Å². The summed E-state index contributed by atoms with van der Waals surface area (Å²) >= 11 is 7.89. The van der Waals surface area contributed by atoms with Crippen LogP contribution in [0.4, 0.5) is 0 Å². The fourth-order valence-corrected chi connectivity index (χ4v) is 7.70. The lowest BCUT2D eigenvalue weighted by Crippen LogP contribution is -2.42. The number of hydrogen-bond acceptors (Lipinski definition) is 14. The Bertz CT molecular complexity index is 1230. The Labute approximate surface area is 267 Å². The number of carboxylic acids is 2. The molecular formula is C24H28N4O8S6. The van der Waals surface area contributed by atoms with E-state index in [2.05, 4.69) is 35.9 Å². The molecule has 0 aromatic heterocycles. The number of carbonyl (C=O) groups is 6. The van der Waals surface area contributed by atoms with E-state index < -0.39 is 47.9 Å².